The number of hydrogen-bond acceptors (Lipinski definition) is 6. The number of nitriles is 1. The maximum atomic E-state index is 13.6. The Hall–Kier alpha value is -4.42. The van der Waals surface area contributed by atoms with Gasteiger partial charge in [0.2, 0.25) is 5.91 Å². The molecular formula is C36H37ClN4O4. The first kappa shape index (κ1) is 32.0. The third-order valence-electron chi connectivity index (χ3n) is 8.00. The van der Waals surface area contributed by atoms with Gasteiger partial charge in [-0.25, -0.2) is 0 Å². The lowest BCUT2D eigenvalue weighted by molar-refractivity contribution is -0.135. The number of furan rings is 1. The molecule has 9 heteroatoms. The van der Waals surface area contributed by atoms with Crippen LogP contribution in [0.5, 0.6) is 0 Å². The van der Waals surface area contributed by atoms with Crippen LogP contribution in [0.4, 0.5) is 0 Å². The third-order valence-corrected chi connectivity index (χ3v) is 8.33. The normalized spacial score (nSPS) is 14.4. The van der Waals surface area contributed by atoms with Gasteiger partial charge in [-0.05, 0) is 73.9 Å². The number of benzene rings is 3. The van der Waals surface area contributed by atoms with E-state index in [1.165, 1.54) is 11.1 Å². The SMILES string of the molecule is Cc1ccc([C@@H](C)NCc2ccc(-c3ccc(Cl)c(C(=O)N[C@@H](CC(=O)N4CCOCC4)Cc4ccc(C#N)cc4)c3)o2)cc1. The molecule has 1 aliphatic heterocycles. The molecule has 45 heavy (non-hydrogen) atoms. The molecule has 2 heterocycles. The summed E-state index contributed by atoms with van der Waals surface area (Å²) in [5.41, 5.74) is 4.88. The minimum absolute atomic E-state index is 0.0505. The zero-order valence-electron chi connectivity index (χ0n) is 25.5. The van der Waals surface area contributed by atoms with Gasteiger partial charge in [-0.3, -0.25) is 9.59 Å². The summed E-state index contributed by atoms with van der Waals surface area (Å²) in [4.78, 5) is 28.5. The highest BCUT2D eigenvalue weighted by Gasteiger charge is 2.24. The first-order chi connectivity index (χ1) is 21.8. The highest BCUT2D eigenvalue weighted by Crippen LogP contribution is 2.28. The Bertz CT molecular complexity index is 1650. The summed E-state index contributed by atoms with van der Waals surface area (Å²) in [5.74, 6) is 0.965. The first-order valence-corrected chi connectivity index (χ1v) is 15.5. The average Bonchev–Trinajstić information content (AvgIpc) is 3.54. The Morgan fingerprint density at radius 1 is 1.00 bits per heavy atom. The summed E-state index contributed by atoms with van der Waals surface area (Å²) < 4.78 is 11.5. The van der Waals surface area contributed by atoms with Crippen LogP contribution < -0.4 is 10.6 Å². The standard InChI is InChI=1S/C36H37ClN4O4/c1-24-3-9-28(10-4-24)25(2)39-23-31-12-14-34(45-31)29-11-13-33(37)32(20-29)36(43)40-30(19-26-5-7-27(22-38)8-6-26)21-35(42)41-15-17-44-18-16-41/h3-14,20,25,30,39H,15-19,21,23H2,1-2H3,(H,40,43)/t25-,30-/m1/s1. The number of ether oxygens (including phenoxy) is 1. The largest absolute Gasteiger partial charge is 0.460 e. The molecule has 2 amide bonds. The molecule has 0 aliphatic carbocycles. The summed E-state index contributed by atoms with van der Waals surface area (Å²) in [6.45, 7) is 6.77. The zero-order valence-corrected chi connectivity index (χ0v) is 26.3. The number of halogens is 1. The van der Waals surface area contributed by atoms with Crippen molar-refractivity contribution in [2.45, 2.75) is 45.3 Å². The number of hydrogen-bond donors (Lipinski definition) is 2. The van der Waals surface area contributed by atoms with E-state index in [9.17, 15) is 9.59 Å². The summed E-state index contributed by atoms with van der Waals surface area (Å²) in [7, 11) is 0. The average molecular weight is 625 g/mol. The van der Waals surface area contributed by atoms with E-state index in [0.29, 0.717) is 61.2 Å². The lowest BCUT2D eigenvalue weighted by Crippen LogP contribution is -2.45. The van der Waals surface area contributed by atoms with Gasteiger partial charge in [0.1, 0.15) is 11.5 Å². The minimum Gasteiger partial charge on any atom is -0.460 e. The van der Waals surface area contributed by atoms with Crippen molar-refractivity contribution in [1.82, 2.24) is 15.5 Å². The van der Waals surface area contributed by atoms with E-state index >= 15 is 0 Å². The number of nitrogens with zero attached hydrogens (tertiary/aromatic N) is 2. The summed E-state index contributed by atoms with van der Waals surface area (Å²) in [6.07, 6.45) is 0.541. The van der Waals surface area contributed by atoms with Gasteiger partial charge in [0, 0.05) is 37.2 Å². The smallest absolute Gasteiger partial charge is 0.253 e. The summed E-state index contributed by atoms with van der Waals surface area (Å²) in [6, 6.07) is 26.4. The van der Waals surface area contributed by atoms with Gasteiger partial charge in [-0.2, -0.15) is 5.26 Å². The molecule has 8 nitrogen and oxygen atoms in total. The third kappa shape index (κ3) is 8.61. The van der Waals surface area contributed by atoms with E-state index < -0.39 is 6.04 Å². The molecule has 1 saturated heterocycles. The minimum atomic E-state index is -0.489. The van der Waals surface area contributed by atoms with Crippen molar-refractivity contribution in [2.24, 2.45) is 0 Å². The Labute approximate surface area is 268 Å². The summed E-state index contributed by atoms with van der Waals surface area (Å²) >= 11 is 6.52. The number of amides is 2. The van der Waals surface area contributed by atoms with Gasteiger partial charge >= 0.3 is 0 Å². The molecule has 1 aliphatic rings. The Morgan fingerprint density at radius 3 is 2.44 bits per heavy atom. The molecule has 4 aromatic rings. The molecule has 0 bridgehead atoms. The summed E-state index contributed by atoms with van der Waals surface area (Å²) in [5, 5.41) is 16.0. The second-order valence-electron chi connectivity index (χ2n) is 11.4. The lowest BCUT2D eigenvalue weighted by Gasteiger charge is -2.29. The molecule has 5 rings (SSSR count). The van der Waals surface area contributed by atoms with E-state index in [1.807, 2.05) is 30.3 Å². The highest BCUT2D eigenvalue weighted by molar-refractivity contribution is 6.34. The van der Waals surface area contributed by atoms with Crippen LogP contribution in [0.2, 0.25) is 5.02 Å². The highest BCUT2D eigenvalue weighted by atomic mass is 35.5. The van der Waals surface area contributed by atoms with Crippen molar-refractivity contribution in [3.05, 3.63) is 117 Å². The van der Waals surface area contributed by atoms with E-state index in [1.54, 1.807) is 29.2 Å². The maximum Gasteiger partial charge on any atom is 0.253 e. The molecule has 0 spiro atoms. The molecular weight excluding hydrogens is 588 g/mol. The number of morpholine rings is 1. The molecule has 232 valence electrons. The molecule has 1 fully saturated rings. The fraction of sp³-hybridized carbons (Fsp3) is 0.306. The zero-order chi connectivity index (χ0) is 31.8. The number of carbonyl (C=O) groups excluding carboxylic acids is 2. The maximum absolute atomic E-state index is 13.6. The number of aryl methyl sites for hydroxylation is 1. The molecule has 2 N–H and O–H groups in total. The van der Waals surface area contributed by atoms with Crippen LogP contribution in [-0.4, -0.2) is 49.1 Å². The van der Waals surface area contributed by atoms with E-state index in [4.69, 9.17) is 26.0 Å². The first-order valence-electron chi connectivity index (χ1n) is 15.1. The van der Waals surface area contributed by atoms with Gasteiger partial charge in [0.05, 0.1) is 42.0 Å². The van der Waals surface area contributed by atoms with E-state index in [0.717, 1.165) is 16.9 Å². The van der Waals surface area contributed by atoms with Crippen LogP contribution in [0, 0.1) is 18.3 Å². The van der Waals surface area contributed by atoms with Crippen molar-refractivity contribution >= 4 is 23.4 Å². The topological polar surface area (TPSA) is 108 Å². The quantitative estimate of drug-likeness (QED) is 0.205. The number of carbonyl (C=O) groups is 2. The van der Waals surface area contributed by atoms with Crippen molar-refractivity contribution in [3.63, 3.8) is 0 Å². The lowest BCUT2D eigenvalue weighted by atomic mass is 10.0. The molecule has 3 aromatic carbocycles. The number of rotatable bonds is 11. The van der Waals surface area contributed by atoms with Gasteiger partial charge in [-0.15, -0.1) is 0 Å². The Kier molecular flexibility index (Phi) is 10.7. The second kappa shape index (κ2) is 15.0. The van der Waals surface area contributed by atoms with Crippen molar-refractivity contribution in [1.29, 1.82) is 5.26 Å². The second-order valence-corrected chi connectivity index (χ2v) is 11.8. The van der Waals surface area contributed by atoms with Crippen molar-refractivity contribution in [3.8, 4) is 17.4 Å². The van der Waals surface area contributed by atoms with Crippen LogP contribution in [0.3, 0.4) is 0 Å². The van der Waals surface area contributed by atoms with Crippen molar-refractivity contribution in [2.75, 3.05) is 26.3 Å². The molecule has 0 radical (unpaired) electrons. The van der Waals surface area contributed by atoms with Crippen LogP contribution in [-0.2, 0) is 22.5 Å². The Balaban J connectivity index is 1.28. The molecule has 0 unspecified atom stereocenters. The van der Waals surface area contributed by atoms with Gasteiger partial charge < -0.3 is 24.7 Å². The monoisotopic (exact) mass is 624 g/mol. The van der Waals surface area contributed by atoms with Gasteiger partial charge in [0.25, 0.3) is 5.91 Å². The van der Waals surface area contributed by atoms with Crippen LogP contribution >= 0.6 is 11.6 Å². The molecule has 1 aromatic heterocycles. The van der Waals surface area contributed by atoms with Gasteiger partial charge in [-0.1, -0.05) is 53.6 Å². The fourth-order valence-corrected chi connectivity index (χ4v) is 5.50. The fourth-order valence-electron chi connectivity index (χ4n) is 5.30. The predicted molar refractivity (Wildman–Crippen MR) is 174 cm³/mol. The van der Waals surface area contributed by atoms with Gasteiger partial charge in [0.15, 0.2) is 0 Å². The van der Waals surface area contributed by atoms with E-state index in [-0.39, 0.29) is 24.3 Å². The van der Waals surface area contributed by atoms with E-state index in [2.05, 4.69) is 54.8 Å². The number of nitrogens with one attached hydrogen (secondary N) is 2. The molecule has 0 saturated carbocycles. The van der Waals surface area contributed by atoms with Crippen molar-refractivity contribution < 1.29 is 18.7 Å². The Morgan fingerprint density at radius 2 is 1.73 bits per heavy atom. The van der Waals surface area contributed by atoms with Crippen LogP contribution in [0.25, 0.3) is 11.3 Å². The predicted octanol–water partition coefficient (Wildman–Crippen LogP) is 6.22. The molecule has 2 atom stereocenters. The van der Waals surface area contributed by atoms with Crippen LogP contribution in [0.1, 0.15) is 57.8 Å². The van der Waals surface area contributed by atoms with Crippen LogP contribution in [0.15, 0.2) is 83.3 Å².